The highest BCUT2D eigenvalue weighted by atomic mass is 32.1. The van der Waals surface area contributed by atoms with Crippen LogP contribution in [0.4, 0.5) is 6.01 Å². The highest BCUT2D eigenvalue weighted by Gasteiger charge is 2.22. The zero-order valence-corrected chi connectivity index (χ0v) is 19.2. The van der Waals surface area contributed by atoms with Gasteiger partial charge in [0.15, 0.2) is 0 Å². The molecule has 0 aliphatic heterocycles. The number of amides is 1. The third-order valence-electron chi connectivity index (χ3n) is 5.98. The van der Waals surface area contributed by atoms with Crippen molar-refractivity contribution in [3.8, 4) is 11.3 Å². The minimum absolute atomic E-state index is 0.0904. The summed E-state index contributed by atoms with van der Waals surface area (Å²) in [6.45, 7) is 1.87. The summed E-state index contributed by atoms with van der Waals surface area (Å²) in [5, 5.41) is 7.35. The Morgan fingerprint density at radius 2 is 1.91 bits per heavy atom. The summed E-state index contributed by atoms with van der Waals surface area (Å²) in [6, 6.07) is 11.4. The highest BCUT2D eigenvalue weighted by Crippen LogP contribution is 2.33. The van der Waals surface area contributed by atoms with Crippen molar-refractivity contribution in [1.82, 2.24) is 24.6 Å². The molecule has 0 spiro atoms. The van der Waals surface area contributed by atoms with Crippen molar-refractivity contribution in [2.24, 2.45) is 0 Å². The summed E-state index contributed by atoms with van der Waals surface area (Å²) in [5.41, 5.74) is 3.03. The average molecular weight is 473 g/mol. The number of aryl methyl sites for hydroxylation is 3. The number of hydrogen-bond donors (Lipinski definition) is 1. The van der Waals surface area contributed by atoms with E-state index in [0.717, 1.165) is 54.6 Å². The van der Waals surface area contributed by atoms with Crippen LogP contribution in [-0.2, 0) is 12.8 Å². The van der Waals surface area contributed by atoms with Crippen LogP contribution in [-0.4, -0.2) is 30.5 Å². The third kappa shape index (κ3) is 3.56. The standard InChI is InChI=1S/C24H20N6O3S/c1-13-12-16(14-8-4-2-5-9-14)25-23-26-19(29-30(13)23)20(31)27-24-28-21-18(22(32)33-24)15-10-6-3-7-11-17(15)34-21/h2,4-5,8-9,12H,3,6-7,10-11H2,1H3,(H,27,28,31). The molecule has 0 saturated heterocycles. The Balaban J connectivity index is 1.32. The van der Waals surface area contributed by atoms with Gasteiger partial charge in [-0.3, -0.25) is 10.1 Å². The van der Waals surface area contributed by atoms with E-state index in [-0.39, 0.29) is 11.8 Å². The lowest BCUT2D eigenvalue weighted by Gasteiger charge is -2.03. The van der Waals surface area contributed by atoms with Crippen molar-refractivity contribution < 1.29 is 9.21 Å². The van der Waals surface area contributed by atoms with Crippen molar-refractivity contribution >= 4 is 39.3 Å². The number of carbonyl (C=O) groups excluding carboxylic acids is 1. The average Bonchev–Trinajstić information content (AvgIpc) is 3.35. The van der Waals surface area contributed by atoms with E-state index >= 15 is 0 Å². The second-order valence-corrected chi connectivity index (χ2v) is 9.38. The van der Waals surface area contributed by atoms with Gasteiger partial charge in [-0.15, -0.1) is 16.4 Å². The molecule has 9 nitrogen and oxygen atoms in total. The summed E-state index contributed by atoms with van der Waals surface area (Å²) in [6.07, 6.45) is 5.11. The van der Waals surface area contributed by atoms with Gasteiger partial charge >= 0.3 is 11.6 Å². The smallest absolute Gasteiger partial charge is 0.349 e. The summed E-state index contributed by atoms with van der Waals surface area (Å²) in [5.74, 6) is -0.414. The Labute approximate surface area is 197 Å². The molecular formula is C24H20N6O3S. The number of rotatable bonds is 3. The Morgan fingerprint density at radius 3 is 2.76 bits per heavy atom. The first-order valence-electron chi connectivity index (χ1n) is 11.1. The fraction of sp³-hybridized carbons (Fsp3) is 0.250. The number of nitrogens with zero attached hydrogens (tertiary/aromatic N) is 5. The first-order valence-corrected chi connectivity index (χ1v) is 11.9. The maximum absolute atomic E-state index is 12.9. The van der Waals surface area contributed by atoms with Crippen LogP contribution in [0.15, 0.2) is 45.6 Å². The molecule has 1 aliphatic carbocycles. The normalized spacial score (nSPS) is 13.7. The molecule has 4 aromatic heterocycles. The molecule has 1 N–H and O–H groups in total. The molecule has 6 rings (SSSR count). The Morgan fingerprint density at radius 1 is 1.09 bits per heavy atom. The van der Waals surface area contributed by atoms with Gasteiger partial charge in [0, 0.05) is 16.1 Å². The van der Waals surface area contributed by atoms with E-state index in [1.165, 1.54) is 20.7 Å². The Kier molecular flexibility index (Phi) is 4.95. The summed E-state index contributed by atoms with van der Waals surface area (Å²) in [4.78, 5) is 40.6. The SMILES string of the molecule is Cc1cc(-c2ccccc2)nc2nc(C(=O)Nc3nc4sc5c(c4c(=O)o3)CCCCC5)nn12. The van der Waals surface area contributed by atoms with Crippen molar-refractivity contribution in [2.75, 3.05) is 5.32 Å². The lowest BCUT2D eigenvalue weighted by molar-refractivity contribution is 0.101. The van der Waals surface area contributed by atoms with E-state index in [4.69, 9.17) is 4.42 Å². The molecule has 10 heteroatoms. The van der Waals surface area contributed by atoms with Gasteiger partial charge in [0.2, 0.25) is 5.82 Å². The van der Waals surface area contributed by atoms with Crippen LogP contribution < -0.4 is 10.9 Å². The van der Waals surface area contributed by atoms with Crippen molar-refractivity contribution in [3.63, 3.8) is 0 Å². The lowest BCUT2D eigenvalue weighted by Crippen LogP contribution is -2.17. The maximum atomic E-state index is 12.9. The predicted octanol–water partition coefficient (Wildman–Crippen LogP) is 4.18. The third-order valence-corrected chi connectivity index (χ3v) is 7.17. The maximum Gasteiger partial charge on any atom is 0.349 e. The second-order valence-electron chi connectivity index (χ2n) is 8.30. The topological polar surface area (TPSA) is 115 Å². The quantitative estimate of drug-likeness (QED) is 0.392. The molecule has 0 bridgehead atoms. The first kappa shape index (κ1) is 20.7. The summed E-state index contributed by atoms with van der Waals surface area (Å²) in [7, 11) is 0. The van der Waals surface area contributed by atoms with Gasteiger partial charge in [0.25, 0.3) is 11.7 Å². The van der Waals surface area contributed by atoms with E-state index in [1.807, 2.05) is 43.3 Å². The molecule has 1 amide bonds. The highest BCUT2D eigenvalue weighted by molar-refractivity contribution is 7.18. The number of aromatic nitrogens is 5. The van der Waals surface area contributed by atoms with Gasteiger partial charge in [0.1, 0.15) is 10.2 Å². The van der Waals surface area contributed by atoms with Crippen LogP contribution in [0.5, 0.6) is 0 Å². The summed E-state index contributed by atoms with van der Waals surface area (Å²) >= 11 is 1.50. The summed E-state index contributed by atoms with van der Waals surface area (Å²) < 4.78 is 6.86. The van der Waals surface area contributed by atoms with E-state index in [2.05, 4.69) is 25.4 Å². The van der Waals surface area contributed by atoms with Crippen LogP contribution in [0.25, 0.3) is 27.3 Å². The number of nitrogens with one attached hydrogen (secondary N) is 1. The predicted molar refractivity (Wildman–Crippen MR) is 128 cm³/mol. The van der Waals surface area contributed by atoms with Crippen molar-refractivity contribution in [2.45, 2.75) is 39.0 Å². The van der Waals surface area contributed by atoms with E-state index in [0.29, 0.717) is 16.0 Å². The fourth-order valence-electron chi connectivity index (χ4n) is 4.34. The van der Waals surface area contributed by atoms with Crippen LogP contribution >= 0.6 is 11.3 Å². The molecule has 170 valence electrons. The van der Waals surface area contributed by atoms with Crippen molar-refractivity contribution in [1.29, 1.82) is 0 Å². The zero-order chi connectivity index (χ0) is 23.2. The molecule has 1 aliphatic rings. The molecule has 0 saturated carbocycles. The number of fused-ring (bicyclic) bond motifs is 4. The van der Waals surface area contributed by atoms with Crippen molar-refractivity contribution in [3.05, 3.63) is 68.8 Å². The zero-order valence-electron chi connectivity index (χ0n) is 18.4. The number of carbonyl (C=O) groups is 1. The van der Waals surface area contributed by atoms with Gasteiger partial charge in [-0.25, -0.2) is 14.3 Å². The van der Waals surface area contributed by atoms with Gasteiger partial charge in [0.05, 0.1) is 5.69 Å². The lowest BCUT2D eigenvalue weighted by atomic mass is 10.1. The number of hydrogen-bond acceptors (Lipinski definition) is 8. The largest absolute Gasteiger partial charge is 0.388 e. The molecule has 0 unspecified atom stereocenters. The molecule has 4 heterocycles. The second kappa shape index (κ2) is 8.14. The Bertz CT molecular complexity index is 1620. The van der Waals surface area contributed by atoms with E-state index in [1.54, 1.807) is 0 Å². The van der Waals surface area contributed by atoms with Gasteiger partial charge in [-0.05, 0) is 44.2 Å². The number of benzene rings is 1. The molecule has 5 aromatic rings. The van der Waals surface area contributed by atoms with Gasteiger partial charge in [-0.2, -0.15) is 9.97 Å². The minimum atomic E-state index is -0.626. The monoisotopic (exact) mass is 472 g/mol. The van der Waals surface area contributed by atoms with Crippen LogP contribution in [0.1, 0.15) is 46.0 Å². The van der Waals surface area contributed by atoms with Crippen LogP contribution in [0, 0.1) is 6.92 Å². The fourth-order valence-corrected chi connectivity index (χ4v) is 5.59. The molecule has 0 radical (unpaired) electrons. The van der Waals surface area contributed by atoms with E-state index < -0.39 is 11.5 Å². The minimum Gasteiger partial charge on any atom is -0.388 e. The number of thiophene rings is 1. The van der Waals surface area contributed by atoms with Gasteiger partial charge in [-0.1, -0.05) is 36.8 Å². The van der Waals surface area contributed by atoms with Gasteiger partial charge < -0.3 is 4.42 Å². The Hall–Kier alpha value is -3.92. The number of anilines is 1. The van der Waals surface area contributed by atoms with Crippen LogP contribution in [0.3, 0.4) is 0 Å². The molecule has 1 aromatic carbocycles. The first-order chi connectivity index (χ1) is 16.6. The molecular weight excluding hydrogens is 452 g/mol. The molecule has 0 fully saturated rings. The molecule has 34 heavy (non-hydrogen) atoms. The van der Waals surface area contributed by atoms with Crippen LogP contribution in [0.2, 0.25) is 0 Å². The van der Waals surface area contributed by atoms with E-state index in [9.17, 15) is 9.59 Å². The molecule has 0 atom stereocenters.